The molecule has 0 saturated carbocycles. The SMILES string of the molecule is COC(C)(C)C[CH]OOC(=O)c1c(C)c(C)c(C)c(C)c1C. The van der Waals surface area contributed by atoms with Crippen LogP contribution in [0.1, 0.15) is 58.4 Å². The van der Waals surface area contributed by atoms with Crippen molar-refractivity contribution in [1.29, 1.82) is 0 Å². The minimum absolute atomic E-state index is 0.352. The highest BCUT2D eigenvalue weighted by atomic mass is 17.2. The average molecular weight is 307 g/mol. The first-order valence-electron chi connectivity index (χ1n) is 7.43. The number of carbonyl (C=O) groups excluding carboxylic acids is 1. The van der Waals surface area contributed by atoms with Crippen LogP contribution >= 0.6 is 0 Å². The molecule has 0 unspecified atom stereocenters. The maximum absolute atomic E-state index is 12.3. The van der Waals surface area contributed by atoms with E-state index in [1.54, 1.807) is 7.11 Å². The monoisotopic (exact) mass is 307 g/mol. The third kappa shape index (κ3) is 4.08. The van der Waals surface area contributed by atoms with Crippen LogP contribution in [0.2, 0.25) is 0 Å². The molecule has 0 aliphatic carbocycles. The van der Waals surface area contributed by atoms with Crippen molar-refractivity contribution >= 4 is 5.97 Å². The average Bonchev–Trinajstić information content (AvgIpc) is 2.48. The topological polar surface area (TPSA) is 44.8 Å². The first-order valence-corrected chi connectivity index (χ1v) is 7.43. The van der Waals surface area contributed by atoms with Crippen LogP contribution in [0.15, 0.2) is 0 Å². The normalized spacial score (nSPS) is 11.6. The van der Waals surface area contributed by atoms with Gasteiger partial charge in [-0.05, 0) is 76.3 Å². The molecule has 4 nitrogen and oxygen atoms in total. The van der Waals surface area contributed by atoms with E-state index in [1.165, 1.54) is 12.2 Å². The van der Waals surface area contributed by atoms with Crippen molar-refractivity contribution in [2.75, 3.05) is 7.11 Å². The van der Waals surface area contributed by atoms with Crippen LogP contribution in [-0.2, 0) is 14.5 Å². The number of hydrogen-bond acceptors (Lipinski definition) is 4. The van der Waals surface area contributed by atoms with Crippen molar-refractivity contribution < 1.29 is 19.3 Å². The Balaban J connectivity index is 2.79. The predicted molar refractivity (Wildman–Crippen MR) is 86.6 cm³/mol. The highest BCUT2D eigenvalue weighted by Gasteiger charge is 2.21. The zero-order valence-corrected chi connectivity index (χ0v) is 14.9. The Morgan fingerprint density at radius 3 is 1.86 bits per heavy atom. The summed E-state index contributed by atoms with van der Waals surface area (Å²) in [6, 6.07) is 0. The molecule has 1 rings (SSSR count). The molecule has 0 saturated heterocycles. The molecule has 0 fully saturated rings. The van der Waals surface area contributed by atoms with E-state index in [-0.39, 0.29) is 5.60 Å². The summed E-state index contributed by atoms with van der Waals surface area (Å²) in [6.45, 7) is 15.3. The maximum atomic E-state index is 12.3. The first kappa shape index (κ1) is 18.7. The van der Waals surface area contributed by atoms with Crippen LogP contribution in [-0.4, -0.2) is 18.7 Å². The molecule has 0 aromatic heterocycles. The molecule has 22 heavy (non-hydrogen) atoms. The lowest BCUT2D eigenvalue weighted by Gasteiger charge is -2.21. The Hall–Kier alpha value is -1.39. The second kappa shape index (κ2) is 7.25. The Bertz CT molecular complexity index is 530. The third-order valence-electron chi connectivity index (χ3n) is 4.52. The molecule has 0 aliphatic heterocycles. The van der Waals surface area contributed by atoms with Gasteiger partial charge in [0.15, 0.2) is 0 Å². The van der Waals surface area contributed by atoms with Gasteiger partial charge in [-0.3, -0.25) is 4.89 Å². The fourth-order valence-electron chi connectivity index (χ4n) is 2.24. The van der Waals surface area contributed by atoms with E-state index in [0.717, 1.165) is 22.3 Å². The Morgan fingerprint density at radius 2 is 1.41 bits per heavy atom. The van der Waals surface area contributed by atoms with Crippen molar-refractivity contribution in [2.24, 2.45) is 0 Å². The van der Waals surface area contributed by atoms with E-state index < -0.39 is 5.97 Å². The van der Waals surface area contributed by atoms with Crippen LogP contribution in [0, 0.1) is 41.2 Å². The summed E-state index contributed by atoms with van der Waals surface area (Å²) in [7, 11) is 1.63. The van der Waals surface area contributed by atoms with Gasteiger partial charge in [0.25, 0.3) is 0 Å². The zero-order chi connectivity index (χ0) is 17.1. The van der Waals surface area contributed by atoms with Crippen LogP contribution in [0.3, 0.4) is 0 Å². The van der Waals surface area contributed by atoms with Gasteiger partial charge in [0.05, 0.1) is 11.2 Å². The van der Waals surface area contributed by atoms with Gasteiger partial charge in [-0.15, -0.1) is 0 Å². The molecule has 4 heteroatoms. The van der Waals surface area contributed by atoms with E-state index in [4.69, 9.17) is 14.5 Å². The van der Waals surface area contributed by atoms with E-state index >= 15 is 0 Å². The van der Waals surface area contributed by atoms with Crippen molar-refractivity contribution in [2.45, 2.75) is 60.5 Å². The van der Waals surface area contributed by atoms with Gasteiger partial charge in [-0.25, -0.2) is 4.79 Å². The number of rotatable bonds is 6. The molecule has 0 heterocycles. The molecule has 0 N–H and O–H groups in total. The number of carbonyl (C=O) groups is 1. The summed E-state index contributed by atoms with van der Waals surface area (Å²) in [4.78, 5) is 22.2. The summed E-state index contributed by atoms with van der Waals surface area (Å²) in [5.74, 6) is -0.465. The smallest absolute Gasteiger partial charge is 0.373 e. The highest BCUT2D eigenvalue weighted by Crippen LogP contribution is 2.26. The van der Waals surface area contributed by atoms with E-state index in [9.17, 15) is 4.79 Å². The van der Waals surface area contributed by atoms with Gasteiger partial charge in [-0.1, -0.05) is 0 Å². The Labute approximate surface area is 133 Å². The van der Waals surface area contributed by atoms with Gasteiger partial charge in [0, 0.05) is 13.5 Å². The van der Waals surface area contributed by atoms with Crippen molar-refractivity contribution in [3.05, 3.63) is 40.0 Å². The van der Waals surface area contributed by atoms with Crippen molar-refractivity contribution in [3.63, 3.8) is 0 Å². The summed E-state index contributed by atoms with van der Waals surface area (Å²) < 4.78 is 5.26. The van der Waals surface area contributed by atoms with Crippen molar-refractivity contribution in [1.82, 2.24) is 0 Å². The van der Waals surface area contributed by atoms with E-state index in [1.807, 2.05) is 41.5 Å². The summed E-state index contributed by atoms with van der Waals surface area (Å²) in [5.41, 5.74) is 5.53. The summed E-state index contributed by atoms with van der Waals surface area (Å²) in [6.07, 6.45) is 0.515. The fourth-order valence-corrected chi connectivity index (χ4v) is 2.24. The fraction of sp³-hybridized carbons (Fsp3) is 0.556. The van der Waals surface area contributed by atoms with Crippen LogP contribution in [0.5, 0.6) is 0 Å². The predicted octanol–water partition coefficient (Wildman–Crippen LogP) is 4.29. The number of methoxy groups -OCH3 is 1. The lowest BCUT2D eigenvalue weighted by atomic mass is 9.90. The quantitative estimate of drug-likeness (QED) is 0.447. The largest absolute Gasteiger partial charge is 0.379 e. The molecule has 0 spiro atoms. The van der Waals surface area contributed by atoms with Gasteiger partial charge in [0.2, 0.25) is 0 Å². The van der Waals surface area contributed by atoms with Crippen LogP contribution in [0.4, 0.5) is 0 Å². The van der Waals surface area contributed by atoms with E-state index in [2.05, 4.69) is 6.92 Å². The highest BCUT2D eigenvalue weighted by molar-refractivity contribution is 5.93. The molecular weight excluding hydrogens is 280 g/mol. The Kier molecular flexibility index (Phi) is 6.15. The second-order valence-corrected chi connectivity index (χ2v) is 6.30. The van der Waals surface area contributed by atoms with Gasteiger partial charge in [0.1, 0.15) is 6.61 Å². The van der Waals surface area contributed by atoms with Crippen molar-refractivity contribution in [3.8, 4) is 0 Å². The molecule has 0 amide bonds. The summed E-state index contributed by atoms with van der Waals surface area (Å²) in [5, 5.41) is 0. The molecule has 1 aromatic carbocycles. The van der Waals surface area contributed by atoms with Crippen LogP contribution < -0.4 is 0 Å². The third-order valence-corrected chi connectivity index (χ3v) is 4.52. The van der Waals surface area contributed by atoms with E-state index in [0.29, 0.717) is 12.0 Å². The molecule has 123 valence electrons. The minimum Gasteiger partial charge on any atom is -0.379 e. The number of hydrogen-bond donors (Lipinski definition) is 0. The summed E-state index contributed by atoms with van der Waals surface area (Å²) >= 11 is 0. The van der Waals surface area contributed by atoms with Gasteiger partial charge in [-0.2, -0.15) is 4.89 Å². The zero-order valence-electron chi connectivity index (χ0n) is 14.9. The molecule has 0 aliphatic rings. The minimum atomic E-state index is -0.465. The first-order chi connectivity index (χ1) is 10.1. The molecular formula is C18H27O4. The molecule has 0 bridgehead atoms. The number of benzene rings is 1. The standard InChI is InChI=1S/C18H27O4/c1-11-12(2)14(4)16(15(5)13(11)3)17(19)22-21-10-9-18(6,7)20-8/h10H,9H2,1-8H3. The van der Waals surface area contributed by atoms with Gasteiger partial charge >= 0.3 is 5.97 Å². The van der Waals surface area contributed by atoms with Gasteiger partial charge < -0.3 is 4.74 Å². The Morgan fingerprint density at radius 1 is 0.955 bits per heavy atom. The molecule has 1 aromatic rings. The lowest BCUT2D eigenvalue weighted by Crippen LogP contribution is -2.23. The lowest BCUT2D eigenvalue weighted by molar-refractivity contribution is -0.218. The molecule has 1 radical (unpaired) electrons. The second-order valence-electron chi connectivity index (χ2n) is 6.30. The maximum Gasteiger partial charge on any atom is 0.373 e. The van der Waals surface area contributed by atoms with Crippen LogP contribution in [0.25, 0.3) is 0 Å². The number of ether oxygens (including phenoxy) is 1. The molecule has 0 atom stereocenters.